The summed E-state index contributed by atoms with van der Waals surface area (Å²) in [7, 11) is 4.72. The Labute approximate surface area is 214 Å². The van der Waals surface area contributed by atoms with Crippen LogP contribution in [-0.2, 0) is 0 Å². The number of halogens is 1. The van der Waals surface area contributed by atoms with Crippen molar-refractivity contribution in [3.05, 3.63) is 89.0 Å². The molecule has 1 aliphatic rings. The Morgan fingerprint density at radius 3 is 2.08 bits per heavy atom. The van der Waals surface area contributed by atoms with Gasteiger partial charge in [0.05, 0.1) is 14.2 Å². The number of aromatic nitrogens is 1. The van der Waals surface area contributed by atoms with E-state index in [-0.39, 0.29) is 40.1 Å². The lowest BCUT2D eigenvalue weighted by atomic mass is 10.00. The van der Waals surface area contributed by atoms with Gasteiger partial charge in [0.1, 0.15) is 11.3 Å². The molecule has 37 heavy (non-hydrogen) atoms. The number of methoxy groups -OCH3 is 2. The van der Waals surface area contributed by atoms with Crippen LogP contribution in [-0.4, -0.2) is 67.9 Å². The molecule has 1 aliphatic heterocycles. The number of ketones is 1. The Morgan fingerprint density at radius 1 is 0.946 bits per heavy atom. The molecule has 4 rings (SSSR count). The van der Waals surface area contributed by atoms with Crippen molar-refractivity contribution in [3.8, 4) is 11.5 Å². The van der Waals surface area contributed by atoms with E-state index >= 15 is 0 Å². The van der Waals surface area contributed by atoms with Crippen LogP contribution in [0.4, 0.5) is 4.39 Å². The average Bonchev–Trinajstić information content (AvgIpc) is 3.33. The summed E-state index contributed by atoms with van der Waals surface area (Å²) in [4.78, 5) is 41.4. The van der Waals surface area contributed by atoms with Gasteiger partial charge < -0.3 is 25.4 Å². The van der Waals surface area contributed by atoms with Crippen molar-refractivity contribution in [1.29, 1.82) is 0 Å². The van der Waals surface area contributed by atoms with E-state index in [9.17, 15) is 18.8 Å². The Balaban J connectivity index is 0.000000220. The van der Waals surface area contributed by atoms with Crippen LogP contribution in [0.5, 0.6) is 11.5 Å². The van der Waals surface area contributed by atoms with Crippen LogP contribution >= 0.6 is 0 Å². The van der Waals surface area contributed by atoms with Crippen molar-refractivity contribution in [2.75, 3.05) is 34.4 Å². The number of nitrogens with one attached hydrogen (secondary N) is 1. The maximum atomic E-state index is 14.4. The number of likely N-dealkylation sites (N-methyl/N-ethyl adjacent to an activating group) is 1. The molecule has 1 atom stereocenters. The predicted molar refractivity (Wildman–Crippen MR) is 136 cm³/mol. The zero-order valence-corrected chi connectivity index (χ0v) is 20.9. The number of primary amides is 1. The number of likely N-dealkylation sites (tertiary alicyclic amines) is 1. The van der Waals surface area contributed by atoms with Crippen LogP contribution in [0.1, 0.15) is 43.1 Å². The minimum atomic E-state index is -0.800. The number of benzene rings is 2. The van der Waals surface area contributed by atoms with E-state index < -0.39 is 17.5 Å². The molecule has 9 nitrogen and oxygen atoms in total. The molecule has 0 bridgehead atoms. The minimum Gasteiger partial charge on any atom is -0.496 e. The third-order valence-electron chi connectivity index (χ3n) is 5.84. The molecule has 194 valence electrons. The van der Waals surface area contributed by atoms with E-state index in [0.29, 0.717) is 5.56 Å². The van der Waals surface area contributed by atoms with Gasteiger partial charge in [-0.25, -0.2) is 4.39 Å². The number of nitrogens with zero attached hydrogens (tertiary/aromatic N) is 2. The van der Waals surface area contributed by atoms with Gasteiger partial charge in [-0.1, -0.05) is 12.1 Å². The highest BCUT2D eigenvalue weighted by Crippen LogP contribution is 2.30. The lowest BCUT2D eigenvalue weighted by Crippen LogP contribution is -2.36. The van der Waals surface area contributed by atoms with Crippen LogP contribution in [0, 0.1) is 5.82 Å². The summed E-state index contributed by atoms with van der Waals surface area (Å²) >= 11 is 0. The van der Waals surface area contributed by atoms with Crippen LogP contribution in [0.3, 0.4) is 0 Å². The molecule has 0 spiro atoms. The number of hydrogen-bond donors (Lipinski definition) is 2. The van der Waals surface area contributed by atoms with Crippen molar-refractivity contribution in [3.63, 3.8) is 0 Å². The largest absolute Gasteiger partial charge is 0.496 e. The number of hydrogen-bond acceptors (Lipinski definition) is 7. The summed E-state index contributed by atoms with van der Waals surface area (Å²) in [5, 5.41) is 3.02. The molecule has 2 heterocycles. The normalized spacial score (nSPS) is 14.8. The predicted octanol–water partition coefficient (Wildman–Crippen LogP) is 2.69. The molecule has 3 N–H and O–H groups in total. The second-order valence-electron chi connectivity index (χ2n) is 8.39. The van der Waals surface area contributed by atoms with Gasteiger partial charge >= 0.3 is 0 Å². The quantitative estimate of drug-likeness (QED) is 0.470. The summed E-state index contributed by atoms with van der Waals surface area (Å²) in [5.41, 5.74) is 6.05. The standard InChI is InChI=1S/C16H14FNO4.C11H15N3O/c1-21-11-7-8-12(22-2)14(17)13(11)15(19)9-3-5-10(6-4-9)16(18)20;1-14-7-4-10(8-14)13-11(15)9-2-5-12-6-3-9/h3-8H,1-2H3,(H2,18,20);2-3,5-6,10H,4,7-8H2,1H3,(H,13,15)/t;10-/m.0/s1. The van der Waals surface area contributed by atoms with Gasteiger partial charge in [0, 0.05) is 41.7 Å². The minimum absolute atomic E-state index is 0.00213. The van der Waals surface area contributed by atoms with E-state index in [2.05, 4.69) is 22.2 Å². The maximum absolute atomic E-state index is 14.4. The van der Waals surface area contributed by atoms with E-state index in [1.54, 1.807) is 24.5 Å². The molecule has 0 saturated carbocycles. The van der Waals surface area contributed by atoms with Crippen molar-refractivity contribution in [2.24, 2.45) is 5.73 Å². The van der Waals surface area contributed by atoms with Gasteiger partial charge in [-0.15, -0.1) is 0 Å². The fourth-order valence-corrected chi connectivity index (χ4v) is 3.83. The lowest BCUT2D eigenvalue weighted by molar-refractivity contribution is 0.0936. The number of amides is 2. The van der Waals surface area contributed by atoms with Gasteiger partial charge in [-0.3, -0.25) is 19.4 Å². The topological polar surface area (TPSA) is 124 Å². The summed E-state index contributed by atoms with van der Waals surface area (Å²) in [6.07, 6.45) is 4.30. The Kier molecular flexibility index (Phi) is 9.28. The summed E-state index contributed by atoms with van der Waals surface area (Å²) < 4.78 is 24.3. The zero-order chi connectivity index (χ0) is 26.9. The number of ether oxygens (including phenoxy) is 2. The summed E-state index contributed by atoms with van der Waals surface area (Å²) in [6.45, 7) is 2.00. The molecule has 2 amide bonds. The monoisotopic (exact) mass is 508 g/mol. The van der Waals surface area contributed by atoms with E-state index in [1.807, 2.05) is 0 Å². The first-order valence-corrected chi connectivity index (χ1v) is 11.5. The molecule has 10 heteroatoms. The zero-order valence-electron chi connectivity index (χ0n) is 20.9. The molecule has 1 aromatic heterocycles. The van der Waals surface area contributed by atoms with Crippen molar-refractivity contribution >= 4 is 17.6 Å². The number of nitrogens with two attached hydrogens (primary N) is 1. The molecule has 1 saturated heterocycles. The van der Waals surface area contributed by atoms with Crippen molar-refractivity contribution < 1.29 is 28.2 Å². The third-order valence-corrected chi connectivity index (χ3v) is 5.84. The van der Waals surface area contributed by atoms with Gasteiger partial charge in [0.25, 0.3) is 5.91 Å². The fraction of sp³-hybridized carbons (Fsp3) is 0.259. The van der Waals surface area contributed by atoms with Gasteiger partial charge in [0.2, 0.25) is 5.91 Å². The molecule has 2 aromatic carbocycles. The van der Waals surface area contributed by atoms with E-state index in [4.69, 9.17) is 15.2 Å². The second-order valence-corrected chi connectivity index (χ2v) is 8.39. The fourth-order valence-electron chi connectivity index (χ4n) is 3.83. The maximum Gasteiger partial charge on any atom is 0.251 e. The molecular weight excluding hydrogens is 479 g/mol. The Bertz CT molecular complexity index is 1250. The number of pyridine rings is 1. The van der Waals surface area contributed by atoms with Crippen molar-refractivity contribution in [1.82, 2.24) is 15.2 Å². The SMILES string of the molecule is CN1CC[C@H](NC(=O)c2ccncc2)C1.COc1ccc(OC)c(C(=O)c2ccc(C(N)=O)cc2)c1F. The second kappa shape index (κ2) is 12.6. The summed E-state index contributed by atoms with van der Waals surface area (Å²) in [6, 6.07) is 12.2. The van der Waals surface area contributed by atoms with Crippen LogP contribution in [0.15, 0.2) is 60.9 Å². The highest BCUT2D eigenvalue weighted by molar-refractivity contribution is 6.11. The first kappa shape index (κ1) is 27.3. The smallest absolute Gasteiger partial charge is 0.251 e. The first-order valence-electron chi connectivity index (χ1n) is 11.5. The number of carbonyl (C=O) groups is 3. The molecule has 0 radical (unpaired) electrons. The number of carbonyl (C=O) groups excluding carboxylic acids is 3. The van der Waals surface area contributed by atoms with Gasteiger partial charge in [-0.2, -0.15) is 0 Å². The van der Waals surface area contributed by atoms with Crippen LogP contribution in [0.2, 0.25) is 0 Å². The van der Waals surface area contributed by atoms with E-state index in [1.165, 1.54) is 50.6 Å². The van der Waals surface area contributed by atoms with Gasteiger partial charge in [0.15, 0.2) is 17.3 Å². The lowest BCUT2D eigenvalue weighted by Gasteiger charge is -2.12. The molecular formula is C27H29FN4O5. The van der Waals surface area contributed by atoms with Crippen molar-refractivity contribution in [2.45, 2.75) is 12.5 Å². The third kappa shape index (κ3) is 6.89. The van der Waals surface area contributed by atoms with Crippen LogP contribution < -0.4 is 20.5 Å². The molecule has 3 aromatic rings. The van der Waals surface area contributed by atoms with Crippen LogP contribution in [0.25, 0.3) is 0 Å². The molecule has 0 unspecified atom stereocenters. The first-order chi connectivity index (χ1) is 17.7. The highest BCUT2D eigenvalue weighted by Gasteiger charge is 2.23. The van der Waals surface area contributed by atoms with Gasteiger partial charge in [-0.05, 0) is 56.4 Å². The Morgan fingerprint density at radius 2 is 1.54 bits per heavy atom. The average molecular weight is 509 g/mol. The molecule has 1 fully saturated rings. The summed E-state index contributed by atoms with van der Waals surface area (Å²) in [5.74, 6) is -1.95. The highest BCUT2D eigenvalue weighted by atomic mass is 19.1. The number of rotatable bonds is 7. The Hall–Kier alpha value is -4.31. The van der Waals surface area contributed by atoms with E-state index in [0.717, 1.165) is 19.5 Å². The molecule has 0 aliphatic carbocycles.